The number of nitrogens with one attached hydrogen (secondary N) is 1. The molecule has 18 heavy (non-hydrogen) atoms. The van der Waals surface area contributed by atoms with Gasteiger partial charge in [0.15, 0.2) is 0 Å². The highest BCUT2D eigenvalue weighted by Crippen LogP contribution is 2.14. The first-order chi connectivity index (χ1) is 8.36. The minimum atomic E-state index is -0.844. The second kappa shape index (κ2) is 9.25. The Morgan fingerprint density at radius 3 is 2.28 bits per heavy atom. The Morgan fingerprint density at radius 2 is 1.83 bits per heavy atom. The smallest absolute Gasteiger partial charge is 0.316 e. The Labute approximate surface area is 114 Å². The minimum Gasteiger partial charge on any atom is -0.480 e. The zero-order chi connectivity index (χ0) is 14.1. The van der Waals surface area contributed by atoms with E-state index >= 15 is 0 Å². The average molecular weight is 275 g/mol. The van der Waals surface area contributed by atoms with Crippen molar-refractivity contribution in [2.75, 3.05) is 5.75 Å². The van der Waals surface area contributed by atoms with E-state index in [4.69, 9.17) is 5.11 Å². The van der Waals surface area contributed by atoms with Gasteiger partial charge in [0, 0.05) is 6.04 Å². The summed E-state index contributed by atoms with van der Waals surface area (Å²) in [7, 11) is 0. The quantitative estimate of drug-likeness (QED) is 0.678. The molecule has 0 aliphatic heterocycles. The molecule has 0 aliphatic carbocycles. The standard InChI is InChI=1S/C13H25NO3S/c1-5-11(13(16)17)18-8-12(15)14-10(4)7-6-9(2)3/h9-11H,5-8H2,1-4H3,(H,14,15)(H,16,17). The number of aliphatic carboxylic acids is 1. The molecule has 106 valence electrons. The lowest BCUT2D eigenvalue weighted by Gasteiger charge is -2.15. The van der Waals surface area contributed by atoms with Crippen LogP contribution in [0.1, 0.15) is 47.0 Å². The Balaban J connectivity index is 3.86. The Morgan fingerprint density at radius 1 is 1.22 bits per heavy atom. The fraction of sp³-hybridized carbons (Fsp3) is 0.846. The molecule has 2 unspecified atom stereocenters. The van der Waals surface area contributed by atoms with E-state index in [0.29, 0.717) is 12.3 Å². The van der Waals surface area contributed by atoms with Crippen LogP contribution >= 0.6 is 11.8 Å². The Bertz CT molecular complexity index is 269. The molecule has 0 aliphatic rings. The minimum absolute atomic E-state index is 0.0732. The summed E-state index contributed by atoms with van der Waals surface area (Å²) in [6.07, 6.45) is 2.59. The molecule has 0 bridgehead atoms. The van der Waals surface area contributed by atoms with Gasteiger partial charge < -0.3 is 10.4 Å². The van der Waals surface area contributed by atoms with Crippen LogP contribution in [0, 0.1) is 5.92 Å². The van der Waals surface area contributed by atoms with Gasteiger partial charge in [-0.3, -0.25) is 9.59 Å². The van der Waals surface area contributed by atoms with Gasteiger partial charge in [0.2, 0.25) is 5.91 Å². The lowest BCUT2D eigenvalue weighted by molar-refractivity contribution is -0.136. The maximum Gasteiger partial charge on any atom is 0.316 e. The van der Waals surface area contributed by atoms with Gasteiger partial charge in [-0.05, 0) is 32.1 Å². The Kier molecular flexibility index (Phi) is 8.89. The van der Waals surface area contributed by atoms with Crippen molar-refractivity contribution in [1.29, 1.82) is 0 Å². The van der Waals surface area contributed by atoms with Gasteiger partial charge >= 0.3 is 5.97 Å². The van der Waals surface area contributed by atoms with E-state index in [-0.39, 0.29) is 17.7 Å². The van der Waals surface area contributed by atoms with Crippen LogP contribution in [0.15, 0.2) is 0 Å². The largest absolute Gasteiger partial charge is 0.480 e. The highest BCUT2D eigenvalue weighted by molar-refractivity contribution is 8.01. The monoisotopic (exact) mass is 275 g/mol. The summed E-state index contributed by atoms with van der Waals surface area (Å²) >= 11 is 1.19. The summed E-state index contributed by atoms with van der Waals surface area (Å²) in [5.74, 6) is -0.0640. The number of carboxylic acid groups (broad SMARTS) is 1. The summed E-state index contributed by atoms with van der Waals surface area (Å²) in [4.78, 5) is 22.4. The number of hydrogen-bond donors (Lipinski definition) is 2. The molecular formula is C13H25NO3S. The van der Waals surface area contributed by atoms with Crippen LogP contribution < -0.4 is 5.32 Å². The number of thioether (sulfide) groups is 1. The van der Waals surface area contributed by atoms with Crippen molar-refractivity contribution < 1.29 is 14.7 Å². The molecule has 0 aromatic heterocycles. The lowest BCUT2D eigenvalue weighted by atomic mass is 10.0. The molecule has 0 fully saturated rings. The number of amides is 1. The van der Waals surface area contributed by atoms with Crippen molar-refractivity contribution in [3.05, 3.63) is 0 Å². The normalized spacial score (nSPS) is 14.3. The van der Waals surface area contributed by atoms with Gasteiger partial charge in [0.05, 0.1) is 5.75 Å². The predicted molar refractivity (Wildman–Crippen MR) is 75.8 cm³/mol. The third-order valence-corrected chi connectivity index (χ3v) is 4.01. The lowest BCUT2D eigenvalue weighted by Crippen LogP contribution is -2.34. The zero-order valence-corrected chi connectivity index (χ0v) is 12.5. The SMILES string of the molecule is CCC(SCC(=O)NC(C)CCC(C)C)C(=O)O. The van der Waals surface area contributed by atoms with Gasteiger partial charge in [-0.2, -0.15) is 0 Å². The summed E-state index contributed by atoms with van der Waals surface area (Å²) in [6, 6.07) is 0.158. The van der Waals surface area contributed by atoms with Crippen molar-refractivity contribution >= 4 is 23.6 Å². The van der Waals surface area contributed by atoms with Gasteiger partial charge in [-0.15, -0.1) is 11.8 Å². The number of carbonyl (C=O) groups is 2. The van der Waals surface area contributed by atoms with Gasteiger partial charge in [0.25, 0.3) is 0 Å². The molecular weight excluding hydrogens is 250 g/mol. The van der Waals surface area contributed by atoms with E-state index in [1.807, 2.05) is 13.8 Å². The first kappa shape index (κ1) is 17.3. The summed E-state index contributed by atoms with van der Waals surface area (Å²) < 4.78 is 0. The van der Waals surface area contributed by atoms with Crippen LogP contribution in [-0.2, 0) is 9.59 Å². The van der Waals surface area contributed by atoms with Crippen molar-refractivity contribution in [3.63, 3.8) is 0 Å². The molecule has 0 aromatic rings. The van der Waals surface area contributed by atoms with Crippen molar-refractivity contribution in [2.45, 2.75) is 58.2 Å². The van der Waals surface area contributed by atoms with Crippen molar-refractivity contribution in [1.82, 2.24) is 5.32 Å². The molecule has 0 heterocycles. The zero-order valence-electron chi connectivity index (χ0n) is 11.7. The summed E-state index contributed by atoms with van der Waals surface area (Å²) in [5.41, 5.74) is 0. The van der Waals surface area contributed by atoms with Crippen molar-refractivity contribution in [3.8, 4) is 0 Å². The molecule has 0 saturated carbocycles. The van der Waals surface area contributed by atoms with Gasteiger partial charge in [-0.25, -0.2) is 0 Å². The molecule has 0 rings (SSSR count). The van der Waals surface area contributed by atoms with E-state index < -0.39 is 11.2 Å². The van der Waals surface area contributed by atoms with Crippen LogP contribution in [0.25, 0.3) is 0 Å². The molecule has 5 heteroatoms. The van der Waals surface area contributed by atoms with Gasteiger partial charge in [0.1, 0.15) is 5.25 Å². The second-order valence-corrected chi connectivity index (χ2v) is 6.18. The average Bonchev–Trinajstić information content (AvgIpc) is 2.26. The fourth-order valence-electron chi connectivity index (χ4n) is 1.51. The third-order valence-electron chi connectivity index (χ3n) is 2.65. The number of rotatable bonds is 9. The Hall–Kier alpha value is -0.710. The van der Waals surface area contributed by atoms with Crippen molar-refractivity contribution in [2.24, 2.45) is 5.92 Å². The first-order valence-corrected chi connectivity index (χ1v) is 7.55. The highest BCUT2D eigenvalue weighted by atomic mass is 32.2. The summed E-state index contributed by atoms with van der Waals surface area (Å²) in [5, 5.41) is 11.3. The van der Waals surface area contributed by atoms with E-state index in [1.54, 1.807) is 0 Å². The third kappa shape index (κ3) is 8.39. The maximum atomic E-state index is 11.6. The topological polar surface area (TPSA) is 66.4 Å². The van der Waals surface area contributed by atoms with E-state index in [2.05, 4.69) is 19.2 Å². The maximum absolute atomic E-state index is 11.6. The fourth-order valence-corrected chi connectivity index (χ4v) is 2.33. The molecule has 0 radical (unpaired) electrons. The van der Waals surface area contributed by atoms with Crippen LogP contribution in [0.2, 0.25) is 0 Å². The molecule has 0 aromatic carbocycles. The number of carbonyl (C=O) groups excluding carboxylic acids is 1. The van der Waals surface area contributed by atoms with E-state index in [0.717, 1.165) is 12.8 Å². The molecule has 2 N–H and O–H groups in total. The summed E-state index contributed by atoms with van der Waals surface area (Å²) in [6.45, 7) is 8.11. The molecule has 2 atom stereocenters. The van der Waals surface area contributed by atoms with E-state index in [1.165, 1.54) is 11.8 Å². The molecule has 0 saturated heterocycles. The van der Waals surface area contributed by atoms with Crippen LogP contribution in [0.4, 0.5) is 0 Å². The predicted octanol–water partition coefficient (Wildman–Crippen LogP) is 2.52. The highest BCUT2D eigenvalue weighted by Gasteiger charge is 2.17. The first-order valence-electron chi connectivity index (χ1n) is 6.50. The molecule has 1 amide bonds. The van der Waals surface area contributed by atoms with E-state index in [9.17, 15) is 9.59 Å². The molecule has 0 spiro atoms. The van der Waals surface area contributed by atoms with Crippen LogP contribution in [0.3, 0.4) is 0 Å². The number of hydrogen-bond acceptors (Lipinski definition) is 3. The van der Waals surface area contributed by atoms with Crippen LogP contribution in [0.5, 0.6) is 0 Å². The number of carboxylic acids is 1. The molecule has 4 nitrogen and oxygen atoms in total. The van der Waals surface area contributed by atoms with Crippen LogP contribution in [-0.4, -0.2) is 34.0 Å². The van der Waals surface area contributed by atoms with Gasteiger partial charge in [-0.1, -0.05) is 20.8 Å². The second-order valence-electron chi connectivity index (χ2n) is 4.99.